The fraction of sp³-hybridized carbons (Fsp3) is 0.533. The summed E-state index contributed by atoms with van der Waals surface area (Å²) in [4.78, 5) is 13.9. The van der Waals surface area contributed by atoms with Crippen LogP contribution in [0.3, 0.4) is 0 Å². The number of alkyl halides is 1. The Morgan fingerprint density at radius 3 is 2.85 bits per heavy atom. The highest BCUT2D eigenvalue weighted by molar-refractivity contribution is 14.1. The lowest BCUT2D eigenvalue weighted by Crippen LogP contribution is -2.31. The lowest BCUT2D eigenvalue weighted by Gasteiger charge is -2.16. The Hall–Kier alpha value is -0.820. The van der Waals surface area contributed by atoms with Crippen molar-refractivity contribution in [1.82, 2.24) is 10.2 Å². The van der Waals surface area contributed by atoms with Crippen LogP contribution < -0.4 is 5.32 Å². The van der Waals surface area contributed by atoms with Crippen molar-refractivity contribution in [2.24, 2.45) is 5.92 Å². The number of amides is 1. The fourth-order valence-corrected chi connectivity index (χ4v) is 3.27. The number of nitrogens with one attached hydrogen (secondary N) is 1. The van der Waals surface area contributed by atoms with Crippen LogP contribution in [0, 0.1) is 5.92 Å². The third kappa shape index (κ3) is 4.34. The highest BCUT2D eigenvalue weighted by Crippen LogP contribution is 2.24. The van der Waals surface area contributed by atoms with Crippen molar-refractivity contribution in [1.29, 1.82) is 0 Å². The second kappa shape index (κ2) is 7.83. The van der Waals surface area contributed by atoms with Gasteiger partial charge in [0.1, 0.15) is 6.61 Å². The average Bonchev–Trinajstić information content (AvgIpc) is 2.85. The molecule has 5 heteroatoms. The van der Waals surface area contributed by atoms with Crippen LogP contribution in [0.1, 0.15) is 12.5 Å². The lowest BCUT2D eigenvalue weighted by molar-refractivity contribution is 0.103. The van der Waals surface area contributed by atoms with E-state index in [1.807, 2.05) is 35.2 Å². The van der Waals surface area contributed by atoms with Crippen molar-refractivity contribution in [3.63, 3.8) is 0 Å². The molecule has 0 radical (unpaired) electrons. The SMILES string of the molecule is CCNCC1CN(C(=O)OCc2ccccc2)CC1I. The van der Waals surface area contributed by atoms with Gasteiger partial charge in [0.15, 0.2) is 0 Å². The third-order valence-corrected chi connectivity index (χ3v) is 4.89. The second-order valence-electron chi connectivity index (χ2n) is 5.03. The summed E-state index contributed by atoms with van der Waals surface area (Å²) in [5, 5.41) is 3.35. The van der Waals surface area contributed by atoms with Crippen molar-refractivity contribution in [3.05, 3.63) is 35.9 Å². The first kappa shape index (κ1) is 15.6. The molecule has 20 heavy (non-hydrogen) atoms. The van der Waals surface area contributed by atoms with Gasteiger partial charge in [0.2, 0.25) is 0 Å². The number of ether oxygens (including phenoxy) is 1. The van der Waals surface area contributed by atoms with Gasteiger partial charge in [0.05, 0.1) is 0 Å². The minimum atomic E-state index is -0.200. The summed E-state index contributed by atoms with van der Waals surface area (Å²) in [6.45, 7) is 5.95. The molecule has 1 aromatic rings. The maximum atomic E-state index is 12.1. The average molecular weight is 388 g/mol. The third-order valence-electron chi connectivity index (χ3n) is 3.48. The highest BCUT2D eigenvalue weighted by Gasteiger charge is 2.33. The summed E-state index contributed by atoms with van der Waals surface area (Å²) in [6.07, 6.45) is -0.200. The fourth-order valence-electron chi connectivity index (χ4n) is 2.31. The van der Waals surface area contributed by atoms with E-state index in [4.69, 9.17) is 4.74 Å². The van der Waals surface area contributed by atoms with E-state index in [1.165, 1.54) is 0 Å². The Morgan fingerprint density at radius 2 is 2.15 bits per heavy atom. The molecule has 4 nitrogen and oxygen atoms in total. The number of nitrogens with zero attached hydrogens (tertiary/aromatic N) is 1. The van der Waals surface area contributed by atoms with E-state index in [-0.39, 0.29) is 6.09 Å². The van der Waals surface area contributed by atoms with E-state index in [9.17, 15) is 4.79 Å². The van der Waals surface area contributed by atoms with Gasteiger partial charge in [-0.3, -0.25) is 0 Å². The minimum Gasteiger partial charge on any atom is -0.445 e. The molecule has 1 aromatic carbocycles. The van der Waals surface area contributed by atoms with Crippen molar-refractivity contribution in [2.75, 3.05) is 26.2 Å². The van der Waals surface area contributed by atoms with E-state index in [0.717, 1.165) is 31.7 Å². The number of halogens is 1. The number of benzene rings is 1. The van der Waals surface area contributed by atoms with Gasteiger partial charge in [-0.25, -0.2) is 4.79 Å². The molecule has 2 unspecified atom stereocenters. The molecule has 0 aromatic heterocycles. The number of likely N-dealkylation sites (tertiary alicyclic amines) is 1. The van der Waals surface area contributed by atoms with Gasteiger partial charge in [0, 0.05) is 29.5 Å². The Morgan fingerprint density at radius 1 is 1.40 bits per heavy atom. The van der Waals surface area contributed by atoms with Crippen molar-refractivity contribution >= 4 is 28.7 Å². The topological polar surface area (TPSA) is 41.6 Å². The van der Waals surface area contributed by atoms with E-state index in [1.54, 1.807) is 0 Å². The first-order valence-electron chi connectivity index (χ1n) is 7.01. The first-order chi connectivity index (χ1) is 9.70. The largest absolute Gasteiger partial charge is 0.445 e. The quantitative estimate of drug-likeness (QED) is 0.623. The van der Waals surface area contributed by atoms with Crippen LogP contribution >= 0.6 is 22.6 Å². The molecule has 1 saturated heterocycles. The van der Waals surface area contributed by atoms with Crippen molar-refractivity contribution in [2.45, 2.75) is 17.5 Å². The number of carbonyl (C=O) groups is 1. The van der Waals surface area contributed by atoms with Crippen LogP contribution in [0.25, 0.3) is 0 Å². The standard InChI is InChI=1S/C15H21IN2O2/c1-2-17-8-13-9-18(10-14(13)16)15(19)20-11-12-6-4-3-5-7-12/h3-7,13-14,17H,2,8-11H2,1H3. The summed E-state index contributed by atoms with van der Waals surface area (Å²) in [5.74, 6) is 0.514. The van der Waals surface area contributed by atoms with Gasteiger partial charge in [-0.15, -0.1) is 0 Å². The Balaban J connectivity index is 1.79. The van der Waals surface area contributed by atoms with Crippen LogP contribution in [-0.4, -0.2) is 41.1 Å². The van der Waals surface area contributed by atoms with E-state index in [2.05, 4.69) is 34.8 Å². The number of rotatable bonds is 5. The van der Waals surface area contributed by atoms with Gasteiger partial charge in [-0.2, -0.15) is 0 Å². The molecule has 1 heterocycles. The summed E-state index contributed by atoms with van der Waals surface area (Å²) < 4.78 is 5.87. The van der Waals surface area contributed by atoms with Gasteiger partial charge < -0.3 is 15.0 Å². The zero-order valence-electron chi connectivity index (χ0n) is 11.7. The lowest BCUT2D eigenvalue weighted by atomic mass is 10.1. The maximum absolute atomic E-state index is 12.1. The van der Waals surface area contributed by atoms with E-state index in [0.29, 0.717) is 16.4 Å². The molecule has 110 valence electrons. The molecule has 1 fully saturated rings. The van der Waals surface area contributed by atoms with Crippen LogP contribution in [0.5, 0.6) is 0 Å². The summed E-state index contributed by atoms with van der Waals surface area (Å²) in [5.41, 5.74) is 1.02. The molecule has 1 aliphatic heterocycles. The molecule has 0 aliphatic carbocycles. The van der Waals surface area contributed by atoms with Crippen molar-refractivity contribution < 1.29 is 9.53 Å². The van der Waals surface area contributed by atoms with Crippen LogP contribution in [-0.2, 0) is 11.3 Å². The minimum absolute atomic E-state index is 0.200. The zero-order chi connectivity index (χ0) is 14.4. The number of hydrogen-bond acceptors (Lipinski definition) is 3. The molecule has 2 atom stereocenters. The normalized spacial score (nSPS) is 22.0. The second-order valence-corrected chi connectivity index (χ2v) is 6.63. The molecule has 0 bridgehead atoms. The molecule has 1 N–H and O–H groups in total. The van der Waals surface area contributed by atoms with E-state index < -0.39 is 0 Å². The molecule has 1 aliphatic rings. The van der Waals surface area contributed by atoms with Gasteiger partial charge in [-0.05, 0) is 12.1 Å². The molecular formula is C15H21IN2O2. The summed E-state index contributed by atoms with van der Waals surface area (Å²) in [7, 11) is 0. The highest BCUT2D eigenvalue weighted by atomic mass is 127. The molecule has 0 spiro atoms. The summed E-state index contributed by atoms with van der Waals surface area (Å²) >= 11 is 2.43. The van der Waals surface area contributed by atoms with E-state index >= 15 is 0 Å². The molecule has 0 saturated carbocycles. The van der Waals surface area contributed by atoms with Gasteiger partial charge in [-0.1, -0.05) is 59.8 Å². The van der Waals surface area contributed by atoms with Gasteiger partial charge in [0.25, 0.3) is 0 Å². The van der Waals surface area contributed by atoms with Crippen LogP contribution in [0.2, 0.25) is 0 Å². The molecule has 2 rings (SSSR count). The maximum Gasteiger partial charge on any atom is 0.410 e. The zero-order valence-corrected chi connectivity index (χ0v) is 13.9. The Kier molecular flexibility index (Phi) is 6.09. The van der Waals surface area contributed by atoms with Crippen LogP contribution in [0.15, 0.2) is 30.3 Å². The van der Waals surface area contributed by atoms with Crippen LogP contribution in [0.4, 0.5) is 4.79 Å². The first-order valence-corrected chi connectivity index (χ1v) is 8.25. The Bertz CT molecular complexity index is 427. The smallest absolute Gasteiger partial charge is 0.410 e. The predicted molar refractivity (Wildman–Crippen MR) is 88.0 cm³/mol. The predicted octanol–water partition coefficient (Wildman–Crippen LogP) is 2.67. The van der Waals surface area contributed by atoms with Crippen molar-refractivity contribution in [3.8, 4) is 0 Å². The Labute approximate surface area is 134 Å². The molecular weight excluding hydrogens is 367 g/mol. The number of carbonyl (C=O) groups excluding carboxylic acids is 1. The molecule has 1 amide bonds. The monoisotopic (exact) mass is 388 g/mol. The summed E-state index contributed by atoms with van der Waals surface area (Å²) in [6, 6.07) is 9.79. The van der Waals surface area contributed by atoms with Gasteiger partial charge >= 0.3 is 6.09 Å². The number of hydrogen-bond donors (Lipinski definition) is 1.